The minimum absolute atomic E-state index is 0.0610. The number of H-pyrrole nitrogens is 1. The number of fused-ring (bicyclic) bond motifs is 2. The van der Waals surface area contributed by atoms with Gasteiger partial charge in [-0.3, -0.25) is 0 Å². The van der Waals surface area contributed by atoms with Gasteiger partial charge in [0, 0.05) is 30.5 Å². The van der Waals surface area contributed by atoms with Gasteiger partial charge >= 0.3 is 0 Å². The molecule has 19 heavy (non-hydrogen) atoms. The van der Waals surface area contributed by atoms with Crippen molar-refractivity contribution in [3.63, 3.8) is 0 Å². The Labute approximate surface area is 112 Å². The normalized spacial score (nSPS) is 18.1. The van der Waals surface area contributed by atoms with E-state index in [1.54, 1.807) is 0 Å². The van der Waals surface area contributed by atoms with Crippen molar-refractivity contribution in [2.24, 2.45) is 5.73 Å². The van der Waals surface area contributed by atoms with E-state index in [0.29, 0.717) is 13.2 Å². The van der Waals surface area contributed by atoms with E-state index in [2.05, 4.69) is 16.9 Å². The topological polar surface area (TPSA) is 73.2 Å². The van der Waals surface area contributed by atoms with Crippen molar-refractivity contribution >= 4 is 11.0 Å². The Morgan fingerprint density at radius 3 is 2.58 bits per heavy atom. The molecule has 0 spiro atoms. The number of aromatic amines is 1. The highest BCUT2D eigenvalue weighted by Crippen LogP contribution is 2.34. The van der Waals surface area contributed by atoms with Crippen molar-refractivity contribution in [2.45, 2.75) is 32.2 Å². The first-order chi connectivity index (χ1) is 9.15. The van der Waals surface area contributed by atoms with E-state index in [1.165, 1.54) is 0 Å². The fraction of sp³-hybridized carbons (Fsp3) is 0.500. The number of hydrogen-bond acceptors (Lipinski definition) is 4. The molecule has 3 rings (SSSR count). The maximum Gasteiger partial charge on any atom is 0.163 e. The smallest absolute Gasteiger partial charge is 0.163 e. The second-order valence-corrected chi connectivity index (χ2v) is 5.14. The van der Waals surface area contributed by atoms with E-state index < -0.39 is 0 Å². The Bertz CT molecular complexity index is 549. The number of hydrogen-bond donors (Lipinski definition) is 2. The number of rotatable bonds is 2. The SMILES string of the molecule is CC(N)C(C)c1nc2cc3c(cc2[nH]1)OCCCO3. The molecule has 2 unspecified atom stereocenters. The van der Waals surface area contributed by atoms with Gasteiger partial charge in [0.2, 0.25) is 0 Å². The quantitative estimate of drug-likeness (QED) is 0.869. The lowest BCUT2D eigenvalue weighted by Gasteiger charge is -2.11. The summed E-state index contributed by atoms with van der Waals surface area (Å²) < 4.78 is 11.3. The van der Waals surface area contributed by atoms with Gasteiger partial charge in [0.25, 0.3) is 0 Å². The van der Waals surface area contributed by atoms with Gasteiger partial charge < -0.3 is 20.2 Å². The molecule has 3 N–H and O–H groups in total. The average Bonchev–Trinajstić information content (AvgIpc) is 2.65. The maximum atomic E-state index is 5.92. The third-order valence-electron chi connectivity index (χ3n) is 3.59. The summed E-state index contributed by atoms with van der Waals surface area (Å²) in [6, 6.07) is 3.95. The van der Waals surface area contributed by atoms with Crippen LogP contribution in [0.4, 0.5) is 0 Å². The van der Waals surface area contributed by atoms with Crippen LogP contribution in [-0.2, 0) is 0 Å². The van der Waals surface area contributed by atoms with Crippen molar-refractivity contribution in [3.05, 3.63) is 18.0 Å². The molecule has 102 valence electrons. The minimum Gasteiger partial charge on any atom is -0.489 e. The van der Waals surface area contributed by atoms with E-state index in [-0.39, 0.29) is 12.0 Å². The highest BCUT2D eigenvalue weighted by Gasteiger charge is 2.17. The molecule has 0 bridgehead atoms. The van der Waals surface area contributed by atoms with Crippen molar-refractivity contribution in [1.82, 2.24) is 9.97 Å². The molecule has 2 atom stereocenters. The predicted octanol–water partition coefficient (Wildman–Crippen LogP) is 2.17. The number of nitrogens with two attached hydrogens (primary N) is 1. The third kappa shape index (κ3) is 2.26. The number of benzene rings is 1. The molecule has 0 amide bonds. The van der Waals surface area contributed by atoms with Crippen LogP contribution in [0.5, 0.6) is 11.5 Å². The summed E-state index contributed by atoms with van der Waals surface area (Å²) in [5.74, 6) is 2.66. The summed E-state index contributed by atoms with van der Waals surface area (Å²) in [6.07, 6.45) is 0.906. The van der Waals surface area contributed by atoms with Crippen LogP contribution >= 0.6 is 0 Å². The van der Waals surface area contributed by atoms with Crippen LogP contribution in [-0.4, -0.2) is 29.2 Å². The number of ether oxygens (including phenoxy) is 2. The van der Waals surface area contributed by atoms with Gasteiger partial charge in [-0.05, 0) is 6.92 Å². The fourth-order valence-electron chi connectivity index (χ4n) is 2.15. The molecule has 5 nitrogen and oxygen atoms in total. The van der Waals surface area contributed by atoms with Crippen LogP contribution in [0.1, 0.15) is 32.0 Å². The minimum atomic E-state index is 0.0610. The van der Waals surface area contributed by atoms with E-state index in [9.17, 15) is 0 Å². The zero-order valence-electron chi connectivity index (χ0n) is 11.3. The summed E-state index contributed by atoms with van der Waals surface area (Å²) in [7, 11) is 0. The Kier molecular flexibility index (Phi) is 3.06. The standard InChI is InChI=1S/C14H19N3O2/c1-8(9(2)15)14-16-10-6-12-13(7-11(10)17-14)19-5-3-4-18-12/h6-9H,3-5,15H2,1-2H3,(H,16,17). The largest absolute Gasteiger partial charge is 0.489 e. The Hall–Kier alpha value is -1.75. The summed E-state index contributed by atoms with van der Waals surface area (Å²) in [5, 5.41) is 0. The molecule has 0 aliphatic carbocycles. The zero-order valence-corrected chi connectivity index (χ0v) is 11.3. The number of aromatic nitrogens is 2. The van der Waals surface area contributed by atoms with Gasteiger partial charge in [0.1, 0.15) is 5.82 Å². The van der Waals surface area contributed by atoms with Crippen LogP contribution < -0.4 is 15.2 Å². The van der Waals surface area contributed by atoms with E-state index in [4.69, 9.17) is 15.2 Å². The van der Waals surface area contributed by atoms with Crippen LogP contribution in [0.3, 0.4) is 0 Å². The third-order valence-corrected chi connectivity index (χ3v) is 3.59. The number of nitrogens with one attached hydrogen (secondary N) is 1. The summed E-state index contributed by atoms with van der Waals surface area (Å²) in [4.78, 5) is 7.92. The molecule has 0 radical (unpaired) electrons. The van der Waals surface area contributed by atoms with Gasteiger partial charge in [0.05, 0.1) is 24.2 Å². The molecule has 1 aliphatic rings. The molecule has 2 aromatic rings. The van der Waals surface area contributed by atoms with Crippen molar-refractivity contribution in [1.29, 1.82) is 0 Å². The second kappa shape index (κ2) is 4.74. The second-order valence-electron chi connectivity index (χ2n) is 5.14. The monoisotopic (exact) mass is 261 g/mol. The van der Waals surface area contributed by atoms with Crippen LogP contribution in [0.25, 0.3) is 11.0 Å². The first-order valence-electron chi connectivity index (χ1n) is 6.70. The Balaban J connectivity index is 2.04. The first-order valence-corrected chi connectivity index (χ1v) is 6.70. The molecule has 0 fully saturated rings. The Morgan fingerprint density at radius 1 is 1.21 bits per heavy atom. The molecule has 1 aliphatic heterocycles. The maximum absolute atomic E-state index is 5.92. The molecule has 5 heteroatoms. The molecular formula is C14H19N3O2. The first kappa shape index (κ1) is 12.3. The lowest BCUT2D eigenvalue weighted by Crippen LogP contribution is -2.23. The summed E-state index contributed by atoms with van der Waals surface area (Å²) >= 11 is 0. The van der Waals surface area contributed by atoms with E-state index in [0.717, 1.165) is 34.8 Å². The average molecular weight is 261 g/mol. The van der Waals surface area contributed by atoms with Gasteiger partial charge in [-0.2, -0.15) is 0 Å². The van der Waals surface area contributed by atoms with Crippen molar-refractivity contribution in [3.8, 4) is 11.5 Å². The van der Waals surface area contributed by atoms with Gasteiger partial charge in [-0.25, -0.2) is 4.98 Å². The van der Waals surface area contributed by atoms with Crippen molar-refractivity contribution in [2.75, 3.05) is 13.2 Å². The molecular weight excluding hydrogens is 242 g/mol. The Morgan fingerprint density at radius 2 is 1.89 bits per heavy atom. The van der Waals surface area contributed by atoms with Gasteiger partial charge in [-0.1, -0.05) is 6.92 Å². The van der Waals surface area contributed by atoms with Gasteiger partial charge in [0.15, 0.2) is 11.5 Å². The van der Waals surface area contributed by atoms with Gasteiger partial charge in [-0.15, -0.1) is 0 Å². The van der Waals surface area contributed by atoms with Crippen molar-refractivity contribution < 1.29 is 9.47 Å². The fourth-order valence-corrected chi connectivity index (χ4v) is 2.15. The number of imidazole rings is 1. The van der Waals surface area contributed by atoms with Crippen LogP contribution in [0, 0.1) is 0 Å². The lowest BCUT2D eigenvalue weighted by atomic mass is 10.0. The number of nitrogens with zero attached hydrogens (tertiary/aromatic N) is 1. The van der Waals surface area contributed by atoms with Crippen LogP contribution in [0.2, 0.25) is 0 Å². The molecule has 0 saturated heterocycles. The summed E-state index contributed by atoms with van der Waals surface area (Å²) in [5.41, 5.74) is 7.78. The highest BCUT2D eigenvalue weighted by molar-refractivity contribution is 5.80. The molecule has 2 heterocycles. The molecule has 1 aromatic carbocycles. The zero-order chi connectivity index (χ0) is 13.4. The lowest BCUT2D eigenvalue weighted by molar-refractivity contribution is 0.297. The van der Waals surface area contributed by atoms with E-state index >= 15 is 0 Å². The predicted molar refractivity (Wildman–Crippen MR) is 73.8 cm³/mol. The van der Waals surface area contributed by atoms with Crippen LogP contribution in [0.15, 0.2) is 12.1 Å². The summed E-state index contributed by atoms with van der Waals surface area (Å²) in [6.45, 7) is 5.43. The van der Waals surface area contributed by atoms with E-state index in [1.807, 2.05) is 19.1 Å². The highest BCUT2D eigenvalue weighted by atomic mass is 16.5. The molecule has 0 saturated carbocycles. The molecule has 1 aromatic heterocycles.